The molecule has 1 aliphatic rings. The molecule has 0 unspecified atom stereocenters. The molecule has 0 spiro atoms. The summed E-state index contributed by atoms with van der Waals surface area (Å²) < 4.78 is 28.1. The highest BCUT2D eigenvalue weighted by Gasteiger charge is 2.20. The maximum Gasteiger partial charge on any atom is 0.132 e. The molecule has 3 heteroatoms. The van der Waals surface area contributed by atoms with Gasteiger partial charge in [-0.1, -0.05) is 19.9 Å². The molecule has 2 rings (SSSR count). The van der Waals surface area contributed by atoms with Crippen LogP contribution in [0.4, 0.5) is 8.78 Å². The first kappa shape index (κ1) is 13.5. The molecule has 0 aliphatic carbocycles. The van der Waals surface area contributed by atoms with Gasteiger partial charge in [-0.2, -0.15) is 0 Å². The Morgan fingerprint density at radius 1 is 1.22 bits per heavy atom. The Bertz CT molecular complexity index is 409. The third-order valence-corrected chi connectivity index (χ3v) is 3.79. The second kappa shape index (κ2) is 5.79. The van der Waals surface area contributed by atoms with E-state index in [1.54, 1.807) is 6.07 Å². The summed E-state index contributed by atoms with van der Waals surface area (Å²) in [5, 5.41) is 3.27. The first-order valence-corrected chi connectivity index (χ1v) is 6.77. The van der Waals surface area contributed by atoms with Crippen molar-refractivity contribution in [3.63, 3.8) is 0 Å². The third-order valence-electron chi connectivity index (χ3n) is 3.79. The van der Waals surface area contributed by atoms with E-state index >= 15 is 0 Å². The highest BCUT2D eigenvalue weighted by atomic mass is 19.1. The van der Waals surface area contributed by atoms with Crippen molar-refractivity contribution in [3.05, 3.63) is 34.9 Å². The van der Waals surface area contributed by atoms with Gasteiger partial charge in [0, 0.05) is 5.56 Å². The Labute approximate surface area is 108 Å². The summed E-state index contributed by atoms with van der Waals surface area (Å²) in [6.07, 6.45) is 2.54. The van der Waals surface area contributed by atoms with Crippen molar-refractivity contribution in [1.82, 2.24) is 5.32 Å². The van der Waals surface area contributed by atoms with Crippen LogP contribution in [-0.4, -0.2) is 13.1 Å². The van der Waals surface area contributed by atoms with E-state index in [9.17, 15) is 8.78 Å². The molecule has 0 saturated carbocycles. The van der Waals surface area contributed by atoms with Gasteiger partial charge in [0.15, 0.2) is 0 Å². The number of hydrogen-bond acceptors (Lipinski definition) is 1. The first-order chi connectivity index (χ1) is 8.59. The highest BCUT2D eigenvalue weighted by Crippen LogP contribution is 2.27. The lowest BCUT2D eigenvalue weighted by Crippen LogP contribution is -2.29. The average Bonchev–Trinajstić information content (AvgIpc) is 2.35. The molecule has 1 saturated heterocycles. The van der Waals surface area contributed by atoms with Crippen LogP contribution in [0.3, 0.4) is 0 Å². The predicted octanol–water partition coefficient (Wildman–Crippen LogP) is 3.63. The molecule has 1 N–H and O–H groups in total. The van der Waals surface area contributed by atoms with E-state index in [1.165, 1.54) is 6.07 Å². The number of rotatable bonds is 3. The minimum absolute atomic E-state index is 0.0948. The van der Waals surface area contributed by atoms with Crippen LogP contribution in [0.1, 0.15) is 43.7 Å². The smallest absolute Gasteiger partial charge is 0.132 e. The van der Waals surface area contributed by atoms with Gasteiger partial charge in [-0.3, -0.25) is 0 Å². The van der Waals surface area contributed by atoms with Crippen LogP contribution in [0.15, 0.2) is 12.1 Å². The van der Waals surface area contributed by atoms with Gasteiger partial charge in [-0.15, -0.1) is 0 Å². The second-order valence-corrected chi connectivity index (χ2v) is 5.48. The Morgan fingerprint density at radius 2 is 1.89 bits per heavy atom. The lowest BCUT2D eigenvalue weighted by atomic mass is 9.88. The molecule has 1 aromatic rings. The van der Waals surface area contributed by atoms with Crippen LogP contribution in [0.2, 0.25) is 0 Å². The van der Waals surface area contributed by atoms with E-state index in [2.05, 4.69) is 5.32 Å². The lowest BCUT2D eigenvalue weighted by molar-refractivity contribution is 0.362. The van der Waals surface area contributed by atoms with Gasteiger partial charge in [0.25, 0.3) is 0 Å². The summed E-state index contributed by atoms with van der Waals surface area (Å²) in [5.74, 6) is -0.228. The fourth-order valence-electron chi connectivity index (χ4n) is 2.62. The maximum absolute atomic E-state index is 14.3. The summed E-state index contributed by atoms with van der Waals surface area (Å²) in [6.45, 7) is 5.78. The third kappa shape index (κ3) is 2.89. The summed E-state index contributed by atoms with van der Waals surface area (Å²) in [5.41, 5.74) is 0.911. The first-order valence-electron chi connectivity index (χ1n) is 6.77. The minimum Gasteiger partial charge on any atom is -0.317 e. The largest absolute Gasteiger partial charge is 0.317 e. The van der Waals surface area contributed by atoms with Crippen LogP contribution >= 0.6 is 0 Å². The van der Waals surface area contributed by atoms with Crippen molar-refractivity contribution in [1.29, 1.82) is 0 Å². The SMILES string of the molecule is CC(C)c1ccc(F)c(CC2CCNCC2)c1F. The Kier molecular flexibility index (Phi) is 4.33. The van der Waals surface area contributed by atoms with Gasteiger partial charge in [0.1, 0.15) is 11.6 Å². The molecule has 1 fully saturated rings. The Hall–Kier alpha value is -0.960. The van der Waals surface area contributed by atoms with Gasteiger partial charge >= 0.3 is 0 Å². The minimum atomic E-state index is -0.393. The molecule has 0 amide bonds. The van der Waals surface area contributed by atoms with Crippen molar-refractivity contribution in [3.8, 4) is 0 Å². The van der Waals surface area contributed by atoms with Gasteiger partial charge < -0.3 is 5.32 Å². The van der Waals surface area contributed by atoms with E-state index in [4.69, 9.17) is 0 Å². The maximum atomic E-state index is 14.3. The molecule has 0 atom stereocenters. The zero-order chi connectivity index (χ0) is 13.1. The van der Waals surface area contributed by atoms with Crippen molar-refractivity contribution in [2.24, 2.45) is 5.92 Å². The van der Waals surface area contributed by atoms with Crippen LogP contribution < -0.4 is 5.32 Å². The van der Waals surface area contributed by atoms with Crippen molar-refractivity contribution < 1.29 is 8.78 Å². The quantitative estimate of drug-likeness (QED) is 0.867. The summed E-state index contributed by atoms with van der Waals surface area (Å²) in [7, 11) is 0. The number of halogens is 2. The monoisotopic (exact) mass is 253 g/mol. The van der Waals surface area contributed by atoms with E-state index in [0.717, 1.165) is 25.9 Å². The van der Waals surface area contributed by atoms with Crippen LogP contribution in [-0.2, 0) is 6.42 Å². The van der Waals surface area contributed by atoms with Gasteiger partial charge in [0.05, 0.1) is 0 Å². The summed E-state index contributed by atoms with van der Waals surface area (Å²) >= 11 is 0. The topological polar surface area (TPSA) is 12.0 Å². The standard InChI is InChI=1S/C15H21F2N/c1-10(2)12-3-4-14(16)13(15(12)17)9-11-5-7-18-8-6-11/h3-4,10-11,18H,5-9H2,1-2H3. The average molecular weight is 253 g/mol. The van der Waals surface area contributed by atoms with E-state index in [1.807, 2.05) is 13.8 Å². The van der Waals surface area contributed by atoms with Crippen molar-refractivity contribution >= 4 is 0 Å². The van der Waals surface area contributed by atoms with E-state index in [-0.39, 0.29) is 17.3 Å². The fraction of sp³-hybridized carbons (Fsp3) is 0.600. The molecule has 0 radical (unpaired) electrons. The zero-order valence-electron chi connectivity index (χ0n) is 11.1. The molecule has 1 heterocycles. The molecular weight excluding hydrogens is 232 g/mol. The number of benzene rings is 1. The van der Waals surface area contributed by atoms with Crippen LogP contribution in [0.5, 0.6) is 0 Å². The molecule has 0 aromatic heterocycles. The van der Waals surface area contributed by atoms with Crippen LogP contribution in [0.25, 0.3) is 0 Å². The molecule has 100 valence electrons. The Morgan fingerprint density at radius 3 is 2.50 bits per heavy atom. The molecular formula is C15H21F2N. The zero-order valence-corrected chi connectivity index (χ0v) is 11.1. The molecule has 1 nitrogen and oxygen atoms in total. The fourth-order valence-corrected chi connectivity index (χ4v) is 2.62. The van der Waals surface area contributed by atoms with Gasteiger partial charge in [0.2, 0.25) is 0 Å². The molecule has 0 bridgehead atoms. The van der Waals surface area contributed by atoms with Crippen molar-refractivity contribution in [2.45, 2.75) is 39.0 Å². The molecule has 1 aliphatic heterocycles. The number of hydrogen-bond donors (Lipinski definition) is 1. The molecule has 1 aromatic carbocycles. The normalized spacial score (nSPS) is 17.4. The number of piperidine rings is 1. The predicted molar refractivity (Wildman–Crippen MR) is 69.7 cm³/mol. The molecule has 18 heavy (non-hydrogen) atoms. The number of nitrogens with one attached hydrogen (secondary N) is 1. The van der Waals surface area contributed by atoms with E-state index < -0.39 is 5.82 Å². The van der Waals surface area contributed by atoms with Gasteiger partial charge in [-0.05, 0) is 55.8 Å². The van der Waals surface area contributed by atoms with Crippen molar-refractivity contribution in [2.75, 3.05) is 13.1 Å². The second-order valence-electron chi connectivity index (χ2n) is 5.48. The Balaban J connectivity index is 2.22. The summed E-state index contributed by atoms with van der Waals surface area (Å²) in [4.78, 5) is 0. The summed E-state index contributed by atoms with van der Waals surface area (Å²) in [6, 6.07) is 2.98. The highest BCUT2D eigenvalue weighted by molar-refractivity contribution is 5.30. The lowest BCUT2D eigenvalue weighted by Gasteiger charge is -2.23. The van der Waals surface area contributed by atoms with E-state index in [0.29, 0.717) is 17.9 Å². The van der Waals surface area contributed by atoms with Crippen LogP contribution in [0, 0.1) is 17.6 Å². The van der Waals surface area contributed by atoms with Gasteiger partial charge in [-0.25, -0.2) is 8.78 Å².